The first kappa shape index (κ1) is 34.3. The molecule has 0 saturated carbocycles. The topological polar surface area (TPSA) is 122 Å². The first-order chi connectivity index (χ1) is 22.7. The molecule has 4 N–H and O–H groups in total. The molecule has 5 rings (SSSR count). The Morgan fingerprint density at radius 1 is 0.979 bits per heavy atom. The summed E-state index contributed by atoms with van der Waals surface area (Å²) in [6.45, 7) is 11.8. The number of nitrogens with one attached hydrogen (secondary N) is 1. The normalized spacial score (nSPS) is 16.1. The number of rotatable bonds is 14. The van der Waals surface area contributed by atoms with Gasteiger partial charge in [0.2, 0.25) is 0 Å². The van der Waals surface area contributed by atoms with Gasteiger partial charge in [-0.15, -0.1) is 0 Å². The lowest BCUT2D eigenvalue weighted by Crippen LogP contribution is -2.47. The minimum Gasteiger partial charge on any atom is -0.395 e. The zero-order chi connectivity index (χ0) is 33.3. The van der Waals surface area contributed by atoms with Gasteiger partial charge in [0.1, 0.15) is 5.82 Å². The molecule has 1 aliphatic rings. The number of carbonyl (C=O) groups is 1. The number of benzene rings is 2. The number of aliphatic hydroxyl groups excluding tert-OH is 1. The van der Waals surface area contributed by atoms with Crippen LogP contribution in [0.5, 0.6) is 0 Å². The molecule has 10 heteroatoms. The quantitative estimate of drug-likeness (QED) is 0.178. The van der Waals surface area contributed by atoms with Crippen LogP contribution in [0.2, 0.25) is 0 Å². The highest BCUT2D eigenvalue weighted by Gasteiger charge is 2.23. The summed E-state index contributed by atoms with van der Waals surface area (Å²) >= 11 is 0. The molecule has 0 bridgehead atoms. The van der Waals surface area contributed by atoms with Crippen molar-refractivity contribution in [3.8, 4) is 22.3 Å². The van der Waals surface area contributed by atoms with E-state index in [-0.39, 0.29) is 30.5 Å². The van der Waals surface area contributed by atoms with E-state index in [1.807, 2.05) is 20.2 Å². The third-order valence-corrected chi connectivity index (χ3v) is 9.25. The third-order valence-electron chi connectivity index (χ3n) is 9.25. The lowest BCUT2D eigenvalue weighted by Gasteiger charge is -2.38. The van der Waals surface area contributed by atoms with E-state index >= 15 is 0 Å². The van der Waals surface area contributed by atoms with Gasteiger partial charge in [-0.05, 0) is 48.6 Å². The van der Waals surface area contributed by atoms with Gasteiger partial charge in [-0.1, -0.05) is 61.9 Å². The van der Waals surface area contributed by atoms with E-state index in [4.69, 9.17) is 10.5 Å². The van der Waals surface area contributed by atoms with Crippen molar-refractivity contribution in [3.63, 3.8) is 0 Å². The Morgan fingerprint density at radius 2 is 1.66 bits per heavy atom. The second-order valence-electron chi connectivity index (χ2n) is 12.5. The minimum atomic E-state index is -0.264. The number of aromatic nitrogens is 3. The van der Waals surface area contributed by atoms with Gasteiger partial charge in [0.15, 0.2) is 0 Å². The summed E-state index contributed by atoms with van der Waals surface area (Å²) in [6.07, 6.45) is 6.73. The van der Waals surface area contributed by atoms with Crippen LogP contribution in [-0.2, 0) is 18.4 Å². The van der Waals surface area contributed by atoms with Gasteiger partial charge < -0.3 is 20.9 Å². The third kappa shape index (κ3) is 8.84. The number of β-amino-alcohol motifs (C(OH)–C–C–N with tert-alkyl or cyclic N) is 1. The fraction of sp³-hybridized carbons (Fsp3) is 0.432. The number of hydrogen-bond acceptors (Lipinski definition) is 8. The maximum absolute atomic E-state index is 13.3. The highest BCUT2D eigenvalue weighted by Crippen LogP contribution is 2.27. The van der Waals surface area contributed by atoms with Crippen molar-refractivity contribution >= 4 is 11.7 Å². The molecule has 1 fully saturated rings. The molecule has 1 saturated heterocycles. The first-order valence-electron chi connectivity index (χ1n) is 16.7. The first-order valence-corrected chi connectivity index (χ1v) is 16.7. The van der Waals surface area contributed by atoms with Crippen LogP contribution in [0.25, 0.3) is 22.3 Å². The zero-order valence-electron chi connectivity index (χ0n) is 28.1. The second-order valence-corrected chi connectivity index (χ2v) is 12.5. The lowest BCUT2D eigenvalue weighted by molar-refractivity contribution is 0.0241. The molecule has 2 aromatic carbocycles. The van der Waals surface area contributed by atoms with E-state index in [1.165, 1.54) is 11.1 Å². The van der Waals surface area contributed by atoms with E-state index < -0.39 is 0 Å². The molecule has 0 spiro atoms. The number of anilines is 1. The van der Waals surface area contributed by atoms with Crippen LogP contribution < -0.4 is 11.1 Å². The van der Waals surface area contributed by atoms with Crippen LogP contribution in [0.1, 0.15) is 61.1 Å². The highest BCUT2D eigenvalue weighted by molar-refractivity contribution is 5.99. The van der Waals surface area contributed by atoms with Crippen molar-refractivity contribution in [2.75, 3.05) is 45.1 Å². The van der Waals surface area contributed by atoms with Crippen LogP contribution >= 0.6 is 0 Å². The number of nitrogens with zero attached hydrogens (tertiary/aromatic N) is 5. The molecule has 0 radical (unpaired) electrons. The number of aliphatic hydroxyl groups is 1. The average molecular weight is 640 g/mol. The van der Waals surface area contributed by atoms with E-state index in [0.29, 0.717) is 18.2 Å². The van der Waals surface area contributed by atoms with E-state index in [1.54, 1.807) is 23.1 Å². The number of carbonyl (C=O) groups excluding carboxylic acids is 1. The Balaban J connectivity index is 1.15. The maximum Gasteiger partial charge on any atom is 0.255 e. The number of amides is 1. The standard InChI is InChI=1S/C37H49N7O3/c1-5-6-35(41-37(46)34-21-32(22-39-36(34)38)33-23-40-42(4)24-33)27(3)47-25-28-7-9-30(10-8-28)31-13-11-29(12-14-31)26(2)44-17-15-43(16-18-44)19-20-45/h7-14,21-24,26-27,35,45H,5-6,15-20,25H2,1-4H3,(H2,38,39)(H,41,46)/t26?,27-,35-/m0/s1. The summed E-state index contributed by atoms with van der Waals surface area (Å²) in [6, 6.07) is 19.3. The summed E-state index contributed by atoms with van der Waals surface area (Å²) in [5.41, 5.74) is 12.8. The van der Waals surface area contributed by atoms with Crippen molar-refractivity contribution in [1.29, 1.82) is 0 Å². The van der Waals surface area contributed by atoms with Crippen molar-refractivity contribution in [3.05, 3.63) is 89.9 Å². The fourth-order valence-electron chi connectivity index (χ4n) is 6.18. The Hall–Kier alpha value is -4.09. The predicted octanol–water partition coefficient (Wildman–Crippen LogP) is 4.91. The molecular formula is C37H49N7O3. The fourth-order valence-corrected chi connectivity index (χ4v) is 6.18. The molecule has 1 amide bonds. The Bertz CT molecular complexity index is 1580. The number of nitrogen functional groups attached to an aromatic ring is 1. The van der Waals surface area contributed by atoms with Crippen LogP contribution in [-0.4, -0.2) is 87.1 Å². The average Bonchev–Trinajstić information content (AvgIpc) is 3.53. The molecular weight excluding hydrogens is 590 g/mol. The number of pyridine rings is 1. The monoisotopic (exact) mass is 639 g/mol. The predicted molar refractivity (Wildman–Crippen MR) is 187 cm³/mol. The minimum absolute atomic E-state index is 0.182. The van der Waals surface area contributed by atoms with Crippen LogP contribution in [0.3, 0.4) is 0 Å². The van der Waals surface area contributed by atoms with Crippen LogP contribution in [0.15, 0.2) is 73.2 Å². The van der Waals surface area contributed by atoms with Gasteiger partial charge in [0, 0.05) is 69.3 Å². The molecule has 4 aromatic rings. The van der Waals surface area contributed by atoms with Gasteiger partial charge in [-0.25, -0.2) is 4.98 Å². The Labute approximate surface area is 278 Å². The molecule has 3 heterocycles. The van der Waals surface area contributed by atoms with E-state index in [2.05, 4.69) is 87.6 Å². The molecule has 2 aromatic heterocycles. The maximum atomic E-state index is 13.3. The zero-order valence-corrected chi connectivity index (χ0v) is 28.1. The van der Waals surface area contributed by atoms with Crippen molar-refractivity contribution < 1.29 is 14.6 Å². The highest BCUT2D eigenvalue weighted by atomic mass is 16.5. The molecule has 3 atom stereocenters. The van der Waals surface area contributed by atoms with Crippen LogP contribution in [0, 0.1) is 0 Å². The van der Waals surface area contributed by atoms with Crippen molar-refractivity contribution in [2.24, 2.45) is 7.05 Å². The van der Waals surface area contributed by atoms with Gasteiger partial charge >= 0.3 is 0 Å². The summed E-state index contributed by atoms with van der Waals surface area (Å²) in [7, 11) is 1.85. The number of ether oxygens (including phenoxy) is 1. The van der Waals surface area contributed by atoms with Crippen molar-refractivity contribution in [2.45, 2.75) is 58.4 Å². The number of aryl methyl sites for hydroxylation is 1. The molecule has 0 aliphatic carbocycles. The Kier molecular flexibility index (Phi) is 11.8. The summed E-state index contributed by atoms with van der Waals surface area (Å²) in [4.78, 5) is 22.4. The largest absolute Gasteiger partial charge is 0.395 e. The molecule has 10 nitrogen and oxygen atoms in total. The molecule has 250 valence electrons. The summed E-state index contributed by atoms with van der Waals surface area (Å²) < 4.78 is 7.99. The summed E-state index contributed by atoms with van der Waals surface area (Å²) in [5, 5.41) is 16.6. The van der Waals surface area contributed by atoms with Crippen molar-refractivity contribution in [1.82, 2.24) is 29.9 Å². The Morgan fingerprint density at radius 3 is 2.28 bits per heavy atom. The SMILES string of the molecule is CCC[C@H](NC(=O)c1cc(-c2cnn(C)c2)cnc1N)[C@H](C)OCc1ccc(-c2ccc(C(C)N3CCN(CCO)CC3)cc2)cc1. The van der Waals surface area contributed by atoms with E-state index in [9.17, 15) is 9.90 Å². The second kappa shape index (κ2) is 16.1. The van der Waals surface area contributed by atoms with E-state index in [0.717, 1.165) is 67.8 Å². The summed E-state index contributed by atoms with van der Waals surface area (Å²) in [5.74, 6) is -0.0726. The molecule has 47 heavy (non-hydrogen) atoms. The van der Waals surface area contributed by atoms with Gasteiger partial charge in [0.05, 0.1) is 37.1 Å². The van der Waals surface area contributed by atoms with Gasteiger partial charge in [0.25, 0.3) is 5.91 Å². The van der Waals surface area contributed by atoms with Crippen LogP contribution in [0.4, 0.5) is 5.82 Å². The smallest absolute Gasteiger partial charge is 0.255 e. The van der Waals surface area contributed by atoms with Gasteiger partial charge in [-0.3, -0.25) is 19.3 Å². The van der Waals surface area contributed by atoms with Gasteiger partial charge in [-0.2, -0.15) is 5.10 Å². The lowest BCUT2D eigenvalue weighted by atomic mass is 9.99. The number of nitrogens with two attached hydrogens (primary N) is 1. The number of hydrogen-bond donors (Lipinski definition) is 3. The molecule has 1 aliphatic heterocycles. The number of piperazine rings is 1. The molecule has 1 unspecified atom stereocenters.